The van der Waals surface area contributed by atoms with E-state index in [2.05, 4.69) is 18.2 Å². The van der Waals surface area contributed by atoms with Crippen LogP contribution in [-0.4, -0.2) is 57.2 Å². The topological polar surface area (TPSA) is 110 Å². The maximum Gasteiger partial charge on any atom is 0.356 e. The predicted molar refractivity (Wildman–Crippen MR) is 187 cm³/mol. The summed E-state index contributed by atoms with van der Waals surface area (Å²) < 4.78 is 27.7. The van der Waals surface area contributed by atoms with Gasteiger partial charge in [0.05, 0.1) is 33.0 Å². The molecule has 0 aliphatic carbocycles. The summed E-state index contributed by atoms with van der Waals surface area (Å²) >= 11 is 0. The van der Waals surface area contributed by atoms with Crippen LogP contribution in [0, 0.1) is 0 Å². The third-order valence-electron chi connectivity index (χ3n) is 7.48. The van der Waals surface area contributed by atoms with Crippen LogP contribution in [0.5, 0.6) is 11.5 Å². The SMILES string of the molecule is C=C(C)C(=O)OCCCCOc1ccc(-c2ccc(OCCCCCCCCOC(=O)C3=CCC=N3)cc2CCOC(=O)C(=C)C)cc1. The van der Waals surface area contributed by atoms with Crippen LogP contribution < -0.4 is 9.47 Å². The van der Waals surface area contributed by atoms with Gasteiger partial charge in [0.25, 0.3) is 0 Å². The van der Waals surface area contributed by atoms with E-state index in [1.165, 1.54) is 0 Å². The molecule has 0 radical (unpaired) electrons. The number of allylic oxidation sites excluding steroid dienone is 1. The highest BCUT2D eigenvalue weighted by Gasteiger charge is 2.12. The zero-order valence-electron chi connectivity index (χ0n) is 28.4. The number of aliphatic imine (C=N–C) groups is 1. The second-order valence-electron chi connectivity index (χ2n) is 11.7. The molecule has 1 aliphatic heterocycles. The number of nitrogens with zero attached hydrogens (tertiary/aromatic N) is 1. The van der Waals surface area contributed by atoms with E-state index in [1.807, 2.05) is 42.5 Å². The van der Waals surface area contributed by atoms with Crippen LogP contribution in [0.4, 0.5) is 0 Å². The van der Waals surface area contributed by atoms with Gasteiger partial charge in [-0.25, -0.2) is 14.4 Å². The zero-order chi connectivity index (χ0) is 34.6. The second-order valence-corrected chi connectivity index (χ2v) is 11.7. The molecular formula is C39H49NO8. The second kappa shape index (κ2) is 21.3. The van der Waals surface area contributed by atoms with Crippen LogP contribution in [0.25, 0.3) is 11.1 Å². The molecule has 0 aromatic heterocycles. The summed E-state index contributed by atoms with van der Waals surface area (Å²) in [4.78, 5) is 39.2. The first-order chi connectivity index (χ1) is 23.2. The summed E-state index contributed by atoms with van der Waals surface area (Å²) in [6.45, 7) is 12.6. The average molecular weight is 660 g/mol. The normalized spacial score (nSPS) is 11.8. The van der Waals surface area contributed by atoms with E-state index in [0.717, 1.165) is 73.1 Å². The predicted octanol–water partition coefficient (Wildman–Crippen LogP) is 7.91. The molecule has 258 valence electrons. The van der Waals surface area contributed by atoms with Gasteiger partial charge < -0.3 is 23.7 Å². The summed E-state index contributed by atoms with van der Waals surface area (Å²) in [5.74, 6) is 0.419. The molecule has 0 N–H and O–H groups in total. The van der Waals surface area contributed by atoms with E-state index in [9.17, 15) is 14.4 Å². The van der Waals surface area contributed by atoms with Crippen molar-refractivity contribution in [3.63, 3.8) is 0 Å². The van der Waals surface area contributed by atoms with Gasteiger partial charge >= 0.3 is 17.9 Å². The molecule has 0 bridgehead atoms. The highest BCUT2D eigenvalue weighted by atomic mass is 16.5. The zero-order valence-corrected chi connectivity index (χ0v) is 28.4. The van der Waals surface area contributed by atoms with E-state index in [1.54, 1.807) is 26.1 Å². The van der Waals surface area contributed by atoms with E-state index < -0.39 is 5.97 Å². The van der Waals surface area contributed by atoms with Crippen molar-refractivity contribution in [1.82, 2.24) is 0 Å². The first kappa shape index (κ1) is 37.8. The summed E-state index contributed by atoms with van der Waals surface area (Å²) in [6.07, 6.45) is 12.2. The molecule has 0 atom stereocenters. The Bertz CT molecular complexity index is 1440. The lowest BCUT2D eigenvalue weighted by Crippen LogP contribution is -2.09. The van der Waals surface area contributed by atoms with Crippen molar-refractivity contribution in [1.29, 1.82) is 0 Å². The van der Waals surface area contributed by atoms with Gasteiger partial charge in [0.1, 0.15) is 17.2 Å². The number of hydrogen-bond donors (Lipinski definition) is 0. The van der Waals surface area contributed by atoms with E-state index in [-0.39, 0.29) is 18.5 Å². The number of ether oxygens (including phenoxy) is 5. The molecule has 0 unspecified atom stereocenters. The fraction of sp³-hybridized carbons (Fsp3) is 0.436. The van der Waals surface area contributed by atoms with Gasteiger partial charge in [0, 0.05) is 30.2 Å². The minimum Gasteiger partial charge on any atom is -0.494 e. The van der Waals surface area contributed by atoms with Crippen molar-refractivity contribution in [3.05, 3.63) is 84.1 Å². The lowest BCUT2D eigenvalue weighted by molar-refractivity contribution is -0.140. The number of carbonyl (C=O) groups excluding carboxylic acids is 3. The van der Waals surface area contributed by atoms with Crippen molar-refractivity contribution in [2.75, 3.05) is 33.0 Å². The molecule has 3 rings (SSSR count). The number of hydrogen-bond acceptors (Lipinski definition) is 9. The van der Waals surface area contributed by atoms with Crippen LogP contribution in [0.2, 0.25) is 0 Å². The van der Waals surface area contributed by atoms with Gasteiger partial charge in [-0.2, -0.15) is 0 Å². The molecule has 48 heavy (non-hydrogen) atoms. The fourth-order valence-electron chi connectivity index (χ4n) is 4.78. The van der Waals surface area contributed by atoms with Crippen LogP contribution >= 0.6 is 0 Å². The highest BCUT2D eigenvalue weighted by molar-refractivity contribution is 5.92. The van der Waals surface area contributed by atoms with Crippen molar-refractivity contribution >= 4 is 24.1 Å². The van der Waals surface area contributed by atoms with Gasteiger partial charge in [0.15, 0.2) is 0 Å². The standard InChI is InChI=1S/C39H49NO8/c1-29(2)37(41)46-26-12-11-24-44-33-17-15-31(16-18-33)35-20-19-34(28-32(35)21-27-48-38(42)30(3)4)45-23-9-7-5-6-8-10-25-47-39(43)36-14-13-22-40-36/h14-20,22,28H,1,3,5-13,21,23-27H2,2,4H3. The molecule has 0 spiro atoms. The Labute approximate surface area is 284 Å². The van der Waals surface area contributed by atoms with Crippen LogP contribution in [0.3, 0.4) is 0 Å². The number of esters is 3. The molecule has 0 amide bonds. The van der Waals surface area contributed by atoms with E-state index in [0.29, 0.717) is 62.5 Å². The molecule has 1 heterocycles. The lowest BCUT2D eigenvalue weighted by Gasteiger charge is -2.14. The molecule has 2 aromatic carbocycles. The molecular weight excluding hydrogens is 610 g/mol. The third-order valence-corrected chi connectivity index (χ3v) is 7.48. The maximum atomic E-state index is 12.0. The van der Waals surface area contributed by atoms with Gasteiger partial charge in [-0.3, -0.25) is 4.99 Å². The molecule has 9 nitrogen and oxygen atoms in total. The lowest BCUT2D eigenvalue weighted by atomic mass is 9.97. The Morgan fingerprint density at radius 3 is 1.85 bits per heavy atom. The molecule has 0 saturated carbocycles. The average Bonchev–Trinajstić information content (AvgIpc) is 3.63. The molecule has 9 heteroatoms. The van der Waals surface area contributed by atoms with Gasteiger partial charge in [-0.15, -0.1) is 0 Å². The Balaban J connectivity index is 1.43. The monoisotopic (exact) mass is 659 g/mol. The summed E-state index contributed by atoms with van der Waals surface area (Å²) in [5.41, 5.74) is 4.22. The highest BCUT2D eigenvalue weighted by Crippen LogP contribution is 2.30. The largest absolute Gasteiger partial charge is 0.494 e. The molecule has 1 aliphatic rings. The minimum atomic E-state index is -0.406. The van der Waals surface area contributed by atoms with Crippen LogP contribution in [0.15, 0.2) is 83.5 Å². The maximum absolute atomic E-state index is 12.0. The summed E-state index contributed by atoms with van der Waals surface area (Å²) in [7, 11) is 0. The summed E-state index contributed by atoms with van der Waals surface area (Å²) in [5, 5.41) is 0. The molecule has 2 aromatic rings. The van der Waals surface area contributed by atoms with Crippen molar-refractivity contribution < 1.29 is 38.1 Å². The van der Waals surface area contributed by atoms with Crippen molar-refractivity contribution in [2.45, 2.75) is 78.1 Å². The number of carbonyl (C=O) groups is 3. The third kappa shape index (κ3) is 14.0. The van der Waals surface area contributed by atoms with Crippen LogP contribution in [0.1, 0.15) is 77.2 Å². The molecule has 0 fully saturated rings. The Hall–Kier alpha value is -4.66. The van der Waals surface area contributed by atoms with E-state index in [4.69, 9.17) is 23.7 Å². The van der Waals surface area contributed by atoms with E-state index >= 15 is 0 Å². The van der Waals surface area contributed by atoms with Gasteiger partial charge in [-0.05, 0) is 86.6 Å². The quantitative estimate of drug-likeness (QED) is 0.0512. The van der Waals surface area contributed by atoms with Crippen LogP contribution in [-0.2, 0) is 35.0 Å². The minimum absolute atomic E-state index is 0.232. The first-order valence-corrected chi connectivity index (χ1v) is 16.8. The smallest absolute Gasteiger partial charge is 0.356 e. The summed E-state index contributed by atoms with van der Waals surface area (Å²) in [6, 6.07) is 13.9. The Morgan fingerprint density at radius 2 is 1.21 bits per heavy atom. The van der Waals surface area contributed by atoms with Crippen molar-refractivity contribution in [2.24, 2.45) is 4.99 Å². The number of unbranched alkanes of at least 4 members (excludes halogenated alkanes) is 6. The fourth-order valence-corrected chi connectivity index (χ4v) is 4.78. The Kier molecular flexibility index (Phi) is 16.7. The number of benzene rings is 2. The van der Waals surface area contributed by atoms with Gasteiger partial charge in [0.2, 0.25) is 0 Å². The molecule has 0 saturated heterocycles. The Morgan fingerprint density at radius 1 is 0.667 bits per heavy atom. The van der Waals surface area contributed by atoms with Gasteiger partial charge in [-0.1, -0.05) is 57.0 Å². The first-order valence-electron chi connectivity index (χ1n) is 16.8. The van der Waals surface area contributed by atoms with Crippen molar-refractivity contribution in [3.8, 4) is 22.6 Å². The number of rotatable bonds is 23.